The van der Waals surface area contributed by atoms with Gasteiger partial charge in [0, 0.05) is 12.1 Å². The summed E-state index contributed by atoms with van der Waals surface area (Å²) in [7, 11) is 1.39. The van der Waals surface area contributed by atoms with Crippen molar-refractivity contribution in [2.24, 2.45) is 0 Å². The fourth-order valence-corrected chi connectivity index (χ4v) is 1.68. The van der Waals surface area contributed by atoms with Crippen LogP contribution in [0.15, 0.2) is 30.3 Å². The van der Waals surface area contributed by atoms with Gasteiger partial charge >= 0.3 is 5.97 Å². The van der Waals surface area contributed by atoms with Gasteiger partial charge in [-0.1, -0.05) is 30.3 Å². The highest BCUT2D eigenvalue weighted by Crippen LogP contribution is 2.18. The number of ether oxygens (including phenoxy) is 1. The first-order valence-electron chi connectivity index (χ1n) is 6.44. The molecule has 1 rings (SSSR count). The lowest BCUT2D eigenvalue weighted by Gasteiger charge is -2.31. The van der Waals surface area contributed by atoms with Crippen molar-refractivity contribution in [3.8, 4) is 0 Å². The molecule has 4 heteroatoms. The van der Waals surface area contributed by atoms with E-state index in [-0.39, 0.29) is 11.9 Å². The molecule has 1 aromatic rings. The van der Waals surface area contributed by atoms with Crippen LogP contribution >= 0.6 is 0 Å². The third kappa shape index (κ3) is 4.33. The fourth-order valence-electron chi connectivity index (χ4n) is 1.68. The highest BCUT2D eigenvalue weighted by molar-refractivity contribution is 5.78. The van der Waals surface area contributed by atoms with Crippen molar-refractivity contribution in [2.75, 3.05) is 13.7 Å². The second-order valence-corrected chi connectivity index (χ2v) is 5.26. The Bertz CT molecular complexity index is 401. The average molecular weight is 265 g/mol. The van der Waals surface area contributed by atoms with Gasteiger partial charge in [-0.05, 0) is 26.3 Å². The lowest BCUT2D eigenvalue weighted by molar-refractivity contribution is -0.142. The number of rotatable bonds is 6. The molecule has 0 fully saturated rings. The number of aliphatic hydroxyl groups is 1. The third-order valence-electron chi connectivity index (χ3n) is 3.49. The Labute approximate surface area is 114 Å². The molecule has 0 radical (unpaired) electrons. The summed E-state index contributed by atoms with van der Waals surface area (Å²) in [6.07, 6.45) is -0.512. The van der Waals surface area contributed by atoms with Crippen molar-refractivity contribution < 1.29 is 14.6 Å². The molecular weight excluding hydrogens is 242 g/mol. The Balaban J connectivity index is 2.81. The number of hydrogen-bond acceptors (Lipinski definition) is 4. The molecule has 4 nitrogen and oxygen atoms in total. The van der Waals surface area contributed by atoms with Crippen molar-refractivity contribution in [1.29, 1.82) is 0 Å². The van der Waals surface area contributed by atoms with Crippen LogP contribution in [0.3, 0.4) is 0 Å². The number of benzene rings is 1. The highest BCUT2D eigenvalue weighted by Gasteiger charge is 2.28. The van der Waals surface area contributed by atoms with Crippen LogP contribution in [0.2, 0.25) is 0 Å². The summed E-state index contributed by atoms with van der Waals surface area (Å²) in [5, 5.41) is 12.9. The van der Waals surface area contributed by atoms with Gasteiger partial charge in [0.2, 0.25) is 0 Å². The quantitative estimate of drug-likeness (QED) is 0.769. The summed E-state index contributed by atoms with van der Waals surface area (Å²) in [5.74, 6) is -0.649. The molecule has 0 aliphatic rings. The van der Waals surface area contributed by atoms with Gasteiger partial charge in [0.1, 0.15) is 0 Å². The van der Waals surface area contributed by atoms with E-state index >= 15 is 0 Å². The fraction of sp³-hybridized carbons (Fsp3) is 0.533. The van der Waals surface area contributed by atoms with Gasteiger partial charge in [-0.3, -0.25) is 4.79 Å². The summed E-state index contributed by atoms with van der Waals surface area (Å²) >= 11 is 0. The molecule has 106 valence electrons. The Morgan fingerprint density at radius 1 is 1.37 bits per heavy atom. The minimum Gasteiger partial charge on any atom is -0.469 e. The van der Waals surface area contributed by atoms with E-state index in [4.69, 9.17) is 4.74 Å². The molecule has 19 heavy (non-hydrogen) atoms. The second kappa shape index (κ2) is 6.68. The predicted octanol–water partition coefficient (Wildman–Crippen LogP) is 1.69. The van der Waals surface area contributed by atoms with Gasteiger partial charge in [-0.15, -0.1) is 0 Å². The zero-order valence-electron chi connectivity index (χ0n) is 12.0. The van der Waals surface area contributed by atoms with Crippen LogP contribution in [0.1, 0.15) is 32.3 Å². The van der Waals surface area contributed by atoms with Crippen LogP contribution in [0, 0.1) is 0 Å². The van der Waals surface area contributed by atoms with Crippen molar-refractivity contribution in [2.45, 2.75) is 38.3 Å². The molecular formula is C15H23NO3. The summed E-state index contributed by atoms with van der Waals surface area (Å²) < 4.78 is 4.85. The van der Waals surface area contributed by atoms with Crippen molar-refractivity contribution >= 4 is 5.97 Å². The molecule has 0 heterocycles. The van der Waals surface area contributed by atoms with E-state index in [1.165, 1.54) is 7.11 Å². The summed E-state index contributed by atoms with van der Waals surface area (Å²) in [4.78, 5) is 11.9. The van der Waals surface area contributed by atoms with Crippen LogP contribution in [0.4, 0.5) is 0 Å². The molecule has 0 aliphatic heterocycles. The van der Waals surface area contributed by atoms with Crippen molar-refractivity contribution in [3.05, 3.63) is 35.9 Å². The van der Waals surface area contributed by atoms with Crippen LogP contribution in [-0.2, 0) is 9.53 Å². The molecule has 2 N–H and O–H groups in total. The number of aliphatic hydroxyl groups excluding tert-OH is 1. The van der Waals surface area contributed by atoms with Gasteiger partial charge in [0.15, 0.2) is 0 Å². The van der Waals surface area contributed by atoms with Gasteiger partial charge in [0.25, 0.3) is 0 Å². The number of hydrogen-bond donors (Lipinski definition) is 2. The van der Waals surface area contributed by atoms with Crippen LogP contribution in [0.25, 0.3) is 0 Å². The monoisotopic (exact) mass is 265 g/mol. The lowest BCUT2D eigenvalue weighted by Crippen LogP contribution is -2.50. The minimum absolute atomic E-state index is 0.278. The van der Waals surface area contributed by atoms with Gasteiger partial charge in [-0.2, -0.15) is 0 Å². The van der Waals surface area contributed by atoms with E-state index in [1.807, 2.05) is 44.2 Å². The zero-order chi connectivity index (χ0) is 14.5. The molecule has 1 aromatic carbocycles. The maximum atomic E-state index is 11.9. The van der Waals surface area contributed by atoms with E-state index in [0.29, 0.717) is 6.54 Å². The third-order valence-corrected chi connectivity index (χ3v) is 3.49. The first kappa shape index (κ1) is 15.7. The topological polar surface area (TPSA) is 58.6 Å². The summed E-state index contributed by atoms with van der Waals surface area (Å²) in [6.45, 7) is 5.95. The SMILES string of the molecule is COC(=O)C(CNC(C)(C)C(C)O)c1ccccc1. The maximum Gasteiger partial charge on any atom is 0.314 e. The Kier molecular flexibility index (Phi) is 5.51. The van der Waals surface area contributed by atoms with Gasteiger partial charge in [-0.25, -0.2) is 0 Å². The summed E-state index contributed by atoms with van der Waals surface area (Å²) in [5.41, 5.74) is 0.448. The van der Waals surface area contributed by atoms with Gasteiger partial charge in [0.05, 0.1) is 19.1 Å². The Morgan fingerprint density at radius 3 is 2.42 bits per heavy atom. The van der Waals surface area contributed by atoms with E-state index < -0.39 is 11.6 Å². The van der Waals surface area contributed by atoms with E-state index in [9.17, 15) is 9.90 Å². The second-order valence-electron chi connectivity index (χ2n) is 5.26. The average Bonchev–Trinajstić information content (AvgIpc) is 2.39. The number of esters is 1. The molecule has 2 atom stereocenters. The van der Waals surface area contributed by atoms with Crippen LogP contribution < -0.4 is 5.32 Å². The maximum absolute atomic E-state index is 11.9. The van der Waals surface area contributed by atoms with E-state index in [0.717, 1.165) is 5.56 Å². The summed E-state index contributed by atoms with van der Waals surface area (Å²) in [6, 6.07) is 9.50. The Hall–Kier alpha value is -1.39. The molecule has 0 amide bonds. The molecule has 0 spiro atoms. The normalized spacial score (nSPS) is 14.8. The number of nitrogens with one attached hydrogen (secondary N) is 1. The van der Waals surface area contributed by atoms with Crippen molar-refractivity contribution in [1.82, 2.24) is 5.32 Å². The van der Waals surface area contributed by atoms with E-state index in [1.54, 1.807) is 6.92 Å². The van der Waals surface area contributed by atoms with Gasteiger partial charge < -0.3 is 15.2 Å². The van der Waals surface area contributed by atoms with Crippen molar-refractivity contribution in [3.63, 3.8) is 0 Å². The zero-order valence-corrected chi connectivity index (χ0v) is 12.0. The first-order chi connectivity index (χ1) is 8.88. The molecule has 0 saturated carbocycles. The molecule has 2 unspecified atom stereocenters. The van der Waals surface area contributed by atoms with Crippen LogP contribution in [0.5, 0.6) is 0 Å². The number of carbonyl (C=O) groups excluding carboxylic acids is 1. The number of carbonyl (C=O) groups is 1. The Morgan fingerprint density at radius 2 is 1.95 bits per heavy atom. The molecule has 0 aromatic heterocycles. The smallest absolute Gasteiger partial charge is 0.314 e. The van der Waals surface area contributed by atoms with Crippen LogP contribution in [-0.4, -0.2) is 36.4 Å². The highest BCUT2D eigenvalue weighted by atomic mass is 16.5. The lowest BCUT2D eigenvalue weighted by atomic mass is 9.94. The molecule has 0 aliphatic carbocycles. The molecule has 0 saturated heterocycles. The molecule has 0 bridgehead atoms. The number of methoxy groups -OCH3 is 1. The largest absolute Gasteiger partial charge is 0.469 e. The predicted molar refractivity (Wildman–Crippen MR) is 75.0 cm³/mol. The standard InChI is InChI=1S/C15H23NO3/c1-11(17)15(2,3)16-10-13(14(18)19-4)12-8-6-5-7-9-12/h5-9,11,13,16-17H,10H2,1-4H3. The van der Waals surface area contributed by atoms with E-state index in [2.05, 4.69) is 5.32 Å². The first-order valence-corrected chi connectivity index (χ1v) is 6.44. The minimum atomic E-state index is -0.512.